The summed E-state index contributed by atoms with van der Waals surface area (Å²) >= 11 is 7.03. The molecule has 0 spiro atoms. The minimum atomic E-state index is 0.647. The number of rotatable bonds is 6. The predicted octanol–water partition coefficient (Wildman–Crippen LogP) is 3.62. The maximum absolute atomic E-state index is 5.68. The highest BCUT2D eigenvalue weighted by molar-refractivity contribution is 9.11. The summed E-state index contributed by atoms with van der Waals surface area (Å²) in [5, 5.41) is 3.36. The first-order valence-corrected chi connectivity index (χ1v) is 7.58. The molecule has 0 aliphatic rings. The number of aromatic nitrogens is 2. The molecule has 1 aromatic heterocycles. The molecule has 0 aliphatic heterocycles. The molecule has 102 valence electrons. The van der Waals surface area contributed by atoms with E-state index >= 15 is 0 Å². The molecule has 0 saturated carbocycles. The Hall–Kier alpha value is -0.850. The number of H-pyrrole nitrogens is 1. The molecule has 0 radical (unpaired) electrons. The van der Waals surface area contributed by atoms with Crippen LogP contribution < -0.4 is 10.1 Å². The molecule has 0 bridgehead atoms. The van der Waals surface area contributed by atoms with Crippen LogP contribution in [0.4, 0.5) is 0 Å². The molecule has 2 N–H and O–H groups in total. The largest absolute Gasteiger partial charge is 0.492 e. The number of hydrogen-bond acceptors (Lipinski definition) is 3. The van der Waals surface area contributed by atoms with Crippen molar-refractivity contribution in [1.82, 2.24) is 15.3 Å². The zero-order chi connectivity index (χ0) is 13.7. The Labute approximate surface area is 129 Å². The van der Waals surface area contributed by atoms with Gasteiger partial charge in [-0.3, -0.25) is 0 Å². The van der Waals surface area contributed by atoms with Crippen LogP contribution in [0.3, 0.4) is 0 Å². The van der Waals surface area contributed by atoms with E-state index in [1.165, 1.54) is 0 Å². The fourth-order valence-corrected chi connectivity index (χ4v) is 3.19. The van der Waals surface area contributed by atoms with E-state index < -0.39 is 0 Å². The highest BCUT2D eigenvalue weighted by Gasteiger charge is 2.09. The molecule has 0 fully saturated rings. The molecule has 0 unspecified atom stereocenters. The van der Waals surface area contributed by atoms with Crippen LogP contribution in [-0.2, 0) is 13.1 Å². The van der Waals surface area contributed by atoms with Gasteiger partial charge in [0.25, 0.3) is 0 Å². The number of hydrogen-bond donors (Lipinski definition) is 2. The maximum atomic E-state index is 5.68. The second kappa shape index (κ2) is 7.07. The van der Waals surface area contributed by atoms with E-state index in [4.69, 9.17) is 4.74 Å². The van der Waals surface area contributed by atoms with E-state index in [1.807, 2.05) is 19.2 Å². The van der Waals surface area contributed by atoms with Crippen LogP contribution in [0.1, 0.15) is 18.2 Å². The van der Waals surface area contributed by atoms with Crippen molar-refractivity contribution in [1.29, 1.82) is 0 Å². The molecule has 1 aromatic carbocycles. The lowest BCUT2D eigenvalue weighted by Gasteiger charge is -2.13. The molecule has 0 atom stereocenters. The van der Waals surface area contributed by atoms with Gasteiger partial charge >= 0.3 is 0 Å². The summed E-state index contributed by atoms with van der Waals surface area (Å²) in [4.78, 5) is 7.05. The molecular formula is C13H15Br2N3O. The van der Waals surface area contributed by atoms with Crippen molar-refractivity contribution < 1.29 is 4.74 Å². The third kappa shape index (κ3) is 4.06. The molecule has 1 heterocycles. The van der Waals surface area contributed by atoms with Gasteiger partial charge in [-0.1, -0.05) is 15.9 Å². The first-order valence-electron chi connectivity index (χ1n) is 5.99. The van der Waals surface area contributed by atoms with Crippen molar-refractivity contribution in [2.75, 3.05) is 6.61 Å². The lowest BCUT2D eigenvalue weighted by molar-refractivity contribution is 0.333. The number of halogens is 2. The van der Waals surface area contributed by atoms with Crippen LogP contribution >= 0.6 is 31.9 Å². The molecule has 4 nitrogen and oxygen atoms in total. The summed E-state index contributed by atoms with van der Waals surface area (Å²) in [5.74, 6) is 0.891. The number of imidazole rings is 1. The molecule has 0 saturated heterocycles. The minimum absolute atomic E-state index is 0.647. The fraction of sp³-hybridized carbons (Fsp3) is 0.308. The Morgan fingerprint density at radius 3 is 2.84 bits per heavy atom. The average molecular weight is 389 g/mol. The zero-order valence-electron chi connectivity index (χ0n) is 10.5. The highest BCUT2D eigenvalue weighted by atomic mass is 79.9. The van der Waals surface area contributed by atoms with E-state index in [0.29, 0.717) is 6.61 Å². The minimum Gasteiger partial charge on any atom is -0.492 e. The van der Waals surface area contributed by atoms with Crippen molar-refractivity contribution in [2.45, 2.75) is 20.0 Å². The molecular weight excluding hydrogens is 374 g/mol. The Morgan fingerprint density at radius 1 is 1.32 bits per heavy atom. The van der Waals surface area contributed by atoms with Crippen LogP contribution in [0, 0.1) is 0 Å². The Bertz CT molecular complexity index is 529. The Balaban J connectivity index is 2.05. The summed E-state index contributed by atoms with van der Waals surface area (Å²) in [6.45, 7) is 4.10. The van der Waals surface area contributed by atoms with Gasteiger partial charge in [0.05, 0.1) is 17.4 Å². The normalized spacial score (nSPS) is 10.7. The fourth-order valence-electron chi connectivity index (χ4n) is 1.76. The van der Waals surface area contributed by atoms with Crippen LogP contribution in [-0.4, -0.2) is 16.6 Å². The third-order valence-corrected chi connectivity index (χ3v) is 3.61. The molecule has 0 amide bonds. The van der Waals surface area contributed by atoms with E-state index in [0.717, 1.165) is 39.0 Å². The van der Waals surface area contributed by atoms with E-state index in [-0.39, 0.29) is 0 Å². The van der Waals surface area contributed by atoms with Crippen LogP contribution in [0.15, 0.2) is 33.6 Å². The molecule has 2 aromatic rings. The van der Waals surface area contributed by atoms with E-state index in [2.05, 4.69) is 53.2 Å². The highest BCUT2D eigenvalue weighted by Crippen LogP contribution is 2.32. The van der Waals surface area contributed by atoms with Crippen LogP contribution in [0.25, 0.3) is 0 Å². The van der Waals surface area contributed by atoms with E-state index in [1.54, 1.807) is 6.33 Å². The number of benzene rings is 1. The average Bonchev–Trinajstić information content (AvgIpc) is 2.86. The molecule has 0 aliphatic carbocycles. The quantitative estimate of drug-likeness (QED) is 0.794. The van der Waals surface area contributed by atoms with Gasteiger partial charge in [0, 0.05) is 35.0 Å². The lowest BCUT2D eigenvalue weighted by atomic mass is 10.2. The number of ether oxygens (including phenoxy) is 1. The smallest absolute Gasteiger partial charge is 0.138 e. The van der Waals surface area contributed by atoms with Gasteiger partial charge in [-0.2, -0.15) is 0 Å². The number of aromatic amines is 1. The summed E-state index contributed by atoms with van der Waals surface area (Å²) in [6.07, 6.45) is 3.49. The van der Waals surface area contributed by atoms with Gasteiger partial charge in [0.1, 0.15) is 5.75 Å². The second-order valence-electron chi connectivity index (χ2n) is 3.99. The Morgan fingerprint density at radius 2 is 2.16 bits per heavy atom. The first kappa shape index (κ1) is 14.6. The van der Waals surface area contributed by atoms with Gasteiger partial charge in [-0.15, -0.1) is 0 Å². The van der Waals surface area contributed by atoms with Gasteiger partial charge < -0.3 is 15.0 Å². The summed E-state index contributed by atoms with van der Waals surface area (Å²) in [6, 6.07) is 4.05. The standard InChI is InChI=1S/C13H15Br2N3O/c1-2-19-13-9(3-10(14)4-12(13)15)5-16-6-11-7-17-8-18-11/h3-4,7-8,16H,2,5-6H2,1H3,(H,17,18). The predicted molar refractivity (Wildman–Crippen MR) is 82.1 cm³/mol. The molecule has 2 rings (SSSR count). The lowest BCUT2D eigenvalue weighted by Crippen LogP contribution is -2.14. The van der Waals surface area contributed by atoms with Crippen molar-refractivity contribution in [3.8, 4) is 5.75 Å². The van der Waals surface area contributed by atoms with E-state index in [9.17, 15) is 0 Å². The first-order chi connectivity index (χ1) is 9.20. The summed E-state index contributed by atoms with van der Waals surface area (Å²) in [5.41, 5.74) is 2.18. The zero-order valence-corrected chi connectivity index (χ0v) is 13.7. The number of nitrogens with one attached hydrogen (secondary N) is 2. The SMILES string of the molecule is CCOc1c(Br)cc(Br)cc1CNCc1cnc[nH]1. The summed E-state index contributed by atoms with van der Waals surface area (Å²) < 4.78 is 7.67. The second-order valence-corrected chi connectivity index (χ2v) is 5.76. The van der Waals surface area contributed by atoms with Gasteiger partial charge in [-0.25, -0.2) is 4.98 Å². The van der Waals surface area contributed by atoms with Crippen molar-refractivity contribution >= 4 is 31.9 Å². The van der Waals surface area contributed by atoms with Crippen molar-refractivity contribution in [2.24, 2.45) is 0 Å². The van der Waals surface area contributed by atoms with Gasteiger partial charge in [0.15, 0.2) is 0 Å². The van der Waals surface area contributed by atoms with Crippen LogP contribution in [0.5, 0.6) is 5.75 Å². The van der Waals surface area contributed by atoms with Crippen molar-refractivity contribution in [3.63, 3.8) is 0 Å². The number of nitrogens with zero attached hydrogens (tertiary/aromatic N) is 1. The van der Waals surface area contributed by atoms with Gasteiger partial charge in [-0.05, 0) is 35.0 Å². The van der Waals surface area contributed by atoms with Crippen LogP contribution in [0.2, 0.25) is 0 Å². The monoisotopic (exact) mass is 387 g/mol. The topological polar surface area (TPSA) is 49.9 Å². The van der Waals surface area contributed by atoms with Gasteiger partial charge in [0.2, 0.25) is 0 Å². The third-order valence-electron chi connectivity index (χ3n) is 2.56. The molecule has 6 heteroatoms. The van der Waals surface area contributed by atoms with Crippen molar-refractivity contribution in [3.05, 3.63) is 44.9 Å². The summed E-state index contributed by atoms with van der Waals surface area (Å²) in [7, 11) is 0. The maximum Gasteiger partial charge on any atom is 0.138 e. The Kier molecular flexibility index (Phi) is 5.42. The molecule has 19 heavy (non-hydrogen) atoms.